The number of nitriles is 1. The Labute approximate surface area is 105 Å². The molecule has 0 bridgehead atoms. The van der Waals surface area contributed by atoms with Crippen LogP contribution in [-0.2, 0) is 6.42 Å². The normalized spacial score (nSPS) is 9.83. The fraction of sp³-hybridized carbons (Fsp3) is 0.133. The molecule has 18 heavy (non-hydrogen) atoms. The second-order valence-corrected chi connectivity index (χ2v) is 3.85. The van der Waals surface area contributed by atoms with Crippen LogP contribution in [0.1, 0.15) is 18.1 Å². The third-order valence-electron chi connectivity index (χ3n) is 2.63. The van der Waals surface area contributed by atoms with Crippen LogP contribution < -0.4 is 4.74 Å². The lowest BCUT2D eigenvalue weighted by Gasteiger charge is -2.06. The van der Waals surface area contributed by atoms with Gasteiger partial charge in [-0.15, -0.1) is 0 Å². The van der Waals surface area contributed by atoms with Gasteiger partial charge in [0.2, 0.25) is 0 Å². The minimum Gasteiger partial charge on any atom is -0.457 e. The minimum atomic E-state index is -0.569. The molecule has 2 aromatic rings. The van der Waals surface area contributed by atoms with Crippen LogP contribution in [-0.4, -0.2) is 0 Å². The lowest BCUT2D eigenvalue weighted by atomic mass is 10.2. The molecule has 0 N–H and O–H groups in total. The van der Waals surface area contributed by atoms with Crippen LogP contribution in [0.5, 0.6) is 11.5 Å². The van der Waals surface area contributed by atoms with Crippen LogP contribution in [0.4, 0.5) is 4.39 Å². The Morgan fingerprint density at radius 1 is 1.11 bits per heavy atom. The average molecular weight is 241 g/mol. The maximum absolute atomic E-state index is 13.4. The van der Waals surface area contributed by atoms with Crippen LogP contribution in [0, 0.1) is 17.1 Å². The van der Waals surface area contributed by atoms with Gasteiger partial charge < -0.3 is 4.74 Å². The molecule has 0 aliphatic rings. The fourth-order valence-corrected chi connectivity index (χ4v) is 1.58. The summed E-state index contributed by atoms with van der Waals surface area (Å²) >= 11 is 0. The number of rotatable bonds is 3. The second kappa shape index (κ2) is 5.33. The Morgan fingerprint density at radius 2 is 1.78 bits per heavy atom. The average Bonchev–Trinajstić information content (AvgIpc) is 2.40. The van der Waals surface area contributed by atoms with Gasteiger partial charge in [-0.25, -0.2) is 4.39 Å². The van der Waals surface area contributed by atoms with Crippen molar-refractivity contribution in [3.63, 3.8) is 0 Å². The van der Waals surface area contributed by atoms with Gasteiger partial charge in [0.15, 0.2) is 0 Å². The molecular weight excluding hydrogens is 229 g/mol. The summed E-state index contributed by atoms with van der Waals surface area (Å²) in [6, 6.07) is 13.6. The molecule has 0 saturated heterocycles. The van der Waals surface area contributed by atoms with Gasteiger partial charge in [-0.05, 0) is 36.2 Å². The summed E-state index contributed by atoms with van der Waals surface area (Å²) in [6.07, 6.45) is 0.964. The number of ether oxygens (including phenoxy) is 1. The first-order chi connectivity index (χ1) is 8.72. The third kappa shape index (κ3) is 2.67. The molecule has 0 aliphatic heterocycles. The van der Waals surface area contributed by atoms with E-state index in [0.717, 1.165) is 6.42 Å². The predicted octanol–water partition coefficient (Wildman–Crippen LogP) is 4.05. The van der Waals surface area contributed by atoms with E-state index >= 15 is 0 Å². The number of benzene rings is 2. The topological polar surface area (TPSA) is 33.0 Å². The highest BCUT2D eigenvalue weighted by atomic mass is 19.1. The molecule has 0 radical (unpaired) electrons. The van der Waals surface area contributed by atoms with Gasteiger partial charge in [-0.1, -0.05) is 19.1 Å². The lowest BCUT2D eigenvalue weighted by Crippen LogP contribution is -1.88. The molecule has 0 unspecified atom stereocenters. The summed E-state index contributed by atoms with van der Waals surface area (Å²) in [4.78, 5) is 0. The Morgan fingerprint density at radius 3 is 2.33 bits per heavy atom. The first-order valence-corrected chi connectivity index (χ1v) is 5.69. The zero-order valence-corrected chi connectivity index (χ0v) is 9.98. The third-order valence-corrected chi connectivity index (χ3v) is 2.63. The standard InChI is InChI=1S/C15H12FNO/c1-2-11-3-6-13(7-4-11)18-14-8-5-12(10-17)15(16)9-14/h3-9H,2H2,1H3. The van der Waals surface area contributed by atoms with Gasteiger partial charge in [-0.3, -0.25) is 0 Å². The van der Waals surface area contributed by atoms with E-state index in [1.807, 2.05) is 24.3 Å². The van der Waals surface area contributed by atoms with Crippen LogP contribution in [0.2, 0.25) is 0 Å². The van der Waals surface area contributed by atoms with Crippen molar-refractivity contribution in [3.8, 4) is 17.6 Å². The van der Waals surface area contributed by atoms with Gasteiger partial charge in [0.05, 0.1) is 5.56 Å². The smallest absolute Gasteiger partial charge is 0.144 e. The highest BCUT2D eigenvalue weighted by molar-refractivity contribution is 5.39. The largest absolute Gasteiger partial charge is 0.457 e. The number of hydrogen-bond donors (Lipinski definition) is 0. The molecule has 0 saturated carbocycles. The summed E-state index contributed by atoms with van der Waals surface area (Å²) in [7, 11) is 0. The molecule has 2 aromatic carbocycles. The zero-order valence-electron chi connectivity index (χ0n) is 9.98. The maximum Gasteiger partial charge on any atom is 0.144 e. The summed E-state index contributed by atoms with van der Waals surface area (Å²) in [5.74, 6) is 0.465. The van der Waals surface area contributed by atoms with E-state index < -0.39 is 5.82 Å². The fourth-order valence-electron chi connectivity index (χ4n) is 1.58. The molecule has 0 atom stereocenters. The van der Waals surface area contributed by atoms with E-state index in [0.29, 0.717) is 11.5 Å². The number of aryl methyl sites for hydroxylation is 1. The molecule has 0 aliphatic carbocycles. The van der Waals surface area contributed by atoms with Gasteiger partial charge in [0.25, 0.3) is 0 Å². The molecule has 0 aromatic heterocycles. The van der Waals surface area contributed by atoms with Gasteiger partial charge in [-0.2, -0.15) is 5.26 Å². The van der Waals surface area contributed by atoms with Crippen molar-refractivity contribution < 1.29 is 9.13 Å². The molecule has 0 spiro atoms. The molecule has 0 fully saturated rings. The Bertz CT molecular complexity index is 584. The molecule has 3 heteroatoms. The Balaban J connectivity index is 2.18. The highest BCUT2D eigenvalue weighted by Crippen LogP contribution is 2.23. The van der Waals surface area contributed by atoms with Crippen LogP contribution >= 0.6 is 0 Å². The molecule has 0 heterocycles. The maximum atomic E-state index is 13.4. The number of hydrogen-bond acceptors (Lipinski definition) is 2. The van der Waals surface area contributed by atoms with Crippen LogP contribution in [0.25, 0.3) is 0 Å². The molecule has 2 nitrogen and oxygen atoms in total. The summed E-state index contributed by atoms with van der Waals surface area (Å²) in [5, 5.41) is 8.63. The van der Waals surface area contributed by atoms with Gasteiger partial charge in [0.1, 0.15) is 23.4 Å². The van der Waals surface area contributed by atoms with Gasteiger partial charge >= 0.3 is 0 Å². The molecular formula is C15H12FNO. The molecule has 90 valence electrons. The number of halogens is 1. The van der Waals surface area contributed by atoms with E-state index in [9.17, 15) is 4.39 Å². The first-order valence-electron chi connectivity index (χ1n) is 5.69. The number of nitrogens with zero attached hydrogens (tertiary/aromatic N) is 1. The van der Waals surface area contributed by atoms with E-state index in [1.54, 1.807) is 12.1 Å². The van der Waals surface area contributed by atoms with Crippen molar-refractivity contribution in [2.75, 3.05) is 0 Å². The SMILES string of the molecule is CCc1ccc(Oc2ccc(C#N)c(F)c2)cc1. The predicted molar refractivity (Wildman–Crippen MR) is 67.0 cm³/mol. The van der Waals surface area contributed by atoms with E-state index in [4.69, 9.17) is 10.00 Å². The van der Waals surface area contributed by atoms with Crippen molar-refractivity contribution in [2.24, 2.45) is 0 Å². The monoisotopic (exact) mass is 241 g/mol. The second-order valence-electron chi connectivity index (χ2n) is 3.85. The minimum absolute atomic E-state index is 0.0173. The van der Waals surface area contributed by atoms with Crippen molar-refractivity contribution in [3.05, 3.63) is 59.4 Å². The van der Waals surface area contributed by atoms with Crippen LogP contribution in [0.3, 0.4) is 0 Å². The molecule has 2 rings (SSSR count). The highest BCUT2D eigenvalue weighted by Gasteiger charge is 2.04. The Hall–Kier alpha value is -2.34. The van der Waals surface area contributed by atoms with E-state index in [1.165, 1.54) is 17.7 Å². The quantitative estimate of drug-likeness (QED) is 0.812. The van der Waals surface area contributed by atoms with Crippen molar-refractivity contribution >= 4 is 0 Å². The first kappa shape index (κ1) is 12.1. The van der Waals surface area contributed by atoms with E-state index in [2.05, 4.69) is 6.92 Å². The summed E-state index contributed by atoms with van der Waals surface area (Å²) in [6.45, 7) is 2.08. The van der Waals surface area contributed by atoms with Crippen molar-refractivity contribution in [1.82, 2.24) is 0 Å². The van der Waals surface area contributed by atoms with Crippen molar-refractivity contribution in [1.29, 1.82) is 5.26 Å². The molecule has 0 amide bonds. The Kier molecular flexibility index (Phi) is 3.59. The summed E-state index contributed by atoms with van der Waals surface area (Å²) < 4.78 is 18.9. The van der Waals surface area contributed by atoms with Gasteiger partial charge in [0, 0.05) is 6.07 Å². The lowest BCUT2D eigenvalue weighted by molar-refractivity contribution is 0.476. The van der Waals surface area contributed by atoms with E-state index in [-0.39, 0.29) is 5.56 Å². The summed E-state index contributed by atoms with van der Waals surface area (Å²) in [5.41, 5.74) is 1.23. The van der Waals surface area contributed by atoms with Crippen LogP contribution in [0.15, 0.2) is 42.5 Å². The van der Waals surface area contributed by atoms with Crippen molar-refractivity contribution in [2.45, 2.75) is 13.3 Å². The zero-order chi connectivity index (χ0) is 13.0.